The van der Waals surface area contributed by atoms with Crippen molar-refractivity contribution in [1.29, 1.82) is 0 Å². The van der Waals surface area contributed by atoms with E-state index >= 15 is 0 Å². The molecule has 0 aliphatic carbocycles. The van der Waals surface area contributed by atoms with E-state index in [0.717, 1.165) is 5.56 Å². The first-order valence-electron chi connectivity index (χ1n) is 8.48. The van der Waals surface area contributed by atoms with Crippen LogP contribution in [0.25, 0.3) is 22.6 Å². The third-order valence-electron chi connectivity index (χ3n) is 4.01. The van der Waals surface area contributed by atoms with E-state index in [1.54, 1.807) is 19.2 Å². The number of rotatable bonds is 6. The largest absolute Gasteiger partial charge is 0.496 e. The second-order valence-electron chi connectivity index (χ2n) is 5.82. The molecule has 2 heterocycles. The highest BCUT2D eigenvalue weighted by Gasteiger charge is 2.16. The zero-order chi connectivity index (χ0) is 19.3. The molecule has 8 nitrogen and oxygen atoms in total. The van der Waals surface area contributed by atoms with Gasteiger partial charge in [-0.3, -0.25) is 5.10 Å². The average Bonchev–Trinajstić information content (AvgIpc) is 3.43. The second-order valence-corrected chi connectivity index (χ2v) is 5.82. The highest BCUT2D eigenvalue weighted by Crippen LogP contribution is 2.27. The molecule has 0 aliphatic rings. The average molecular weight is 376 g/mol. The predicted octanol–water partition coefficient (Wildman–Crippen LogP) is 3.49. The Morgan fingerprint density at radius 3 is 2.71 bits per heavy atom. The molecular formula is C20H16N4O4. The summed E-state index contributed by atoms with van der Waals surface area (Å²) >= 11 is 0. The molecule has 2 aromatic heterocycles. The van der Waals surface area contributed by atoms with Gasteiger partial charge in [0.1, 0.15) is 11.4 Å². The fourth-order valence-corrected chi connectivity index (χ4v) is 2.64. The van der Waals surface area contributed by atoms with Crippen LogP contribution in [-0.4, -0.2) is 33.4 Å². The zero-order valence-electron chi connectivity index (χ0n) is 15.0. The molecule has 0 unspecified atom stereocenters. The molecule has 140 valence electrons. The quantitative estimate of drug-likeness (QED) is 0.514. The predicted molar refractivity (Wildman–Crippen MR) is 99.4 cm³/mol. The monoisotopic (exact) mass is 376 g/mol. The summed E-state index contributed by atoms with van der Waals surface area (Å²) in [5.41, 5.74) is 2.48. The smallest absolute Gasteiger partial charge is 0.356 e. The first-order valence-corrected chi connectivity index (χ1v) is 8.48. The molecular weight excluding hydrogens is 360 g/mol. The lowest BCUT2D eigenvalue weighted by Gasteiger charge is -2.03. The summed E-state index contributed by atoms with van der Waals surface area (Å²) in [5, 5.41) is 10.7. The lowest BCUT2D eigenvalue weighted by Crippen LogP contribution is -2.05. The standard InChI is InChI=1S/C20H16N4O4/c1-26-17-10-6-5-9-14(17)19-21-18(28-24-19)12-27-20(25)16-11-15(22-23-16)13-7-3-2-4-8-13/h2-11H,12H2,1H3,(H,22,23). The number of para-hydroxylation sites is 1. The van der Waals surface area contributed by atoms with Crippen molar-refractivity contribution >= 4 is 5.97 Å². The van der Waals surface area contributed by atoms with Crippen molar-refractivity contribution in [2.24, 2.45) is 0 Å². The van der Waals surface area contributed by atoms with E-state index in [2.05, 4.69) is 20.3 Å². The summed E-state index contributed by atoms with van der Waals surface area (Å²) in [6.45, 7) is -0.152. The molecule has 0 aliphatic heterocycles. The van der Waals surface area contributed by atoms with Crippen molar-refractivity contribution in [1.82, 2.24) is 20.3 Å². The number of H-pyrrole nitrogens is 1. The van der Waals surface area contributed by atoms with Gasteiger partial charge in [-0.15, -0.1) is 0 Å². The number of nitrogens with one attached hydrogen (secondary N) is 1. The number of hydrogen-bond acceptors (Lipinski definition) is 7. The van der Waals surface area contributed by atoms with Crippen molar-refractivity contribution in [3.05, 3.63) is 72.2 Å². The summed E-state index contributed by atoms with van der Waals surface area (Å²) in [6.07, 6.45) is 0. The van der Waals surface area contributed by atoms with Crippen molar-refractivity contribution in [3.8, 4) is 28.4 Å². The van der Waals surface area contributed by atoms with Gasteiger partial charge in [0.15, 0.2) is 6.61 Å². The molecule has 4 rings (SSSR count). The van der Waals surface area contributed by atoms with Crippen LogP contribution in [0.2, 0.25) is 0 Å². The maximum absolute atomic E-state index is 12.2. The van der Waals surface area contributed by atoms with E-state index < -0.39 is 5.97 Å². The summed E-state index contributed by atoms with van der Waals surface area (Å²) in [7, 11) is 1.57. The highest BCUT2D eigenvalue weighted by molar-refractivity contribution is 5.88. The first kappa shape index (κ1) is 17.5. The van der Waals surface area contributed by atoms with Crippen molar-refractivity contribution in [2.45, 2.75) is 6.61 Å². The van der Waals surface area contributed by atoms with Crippen LogP contribution in [0.5, 0.6) is 5.75 Å². The number of carbonyl (C=O) groups excluding carboxylic acids is 1. The Labute approximate surface area is 160 Å². The Kier molecular flexibility index (Phi) is 4.83. The van der Waals surface area contributed by atoms with Crippen molar-refractivity contribution < 1.29 is 18.8 Å². The van der Waals surface area contributed by atoms with Crippen LogP contribution in [0, 0.1) is 0 Å². The van der Waals surface area contributed by atoms with Gasteiger partial charge in [-0.1, -0.05) is 47.6 Å². The molecule has 8 heteroatoms. The van der Waals surface area contributed by atoms with E-state index in [4.69, 9.17) is 14.0 Å². The van der Waals surface area contributed by atoms with E-state index in [1.165, 1.54) is 0 Å². The van der Waals surface area contributed by atoms with Crippen molar-refractivity contribution in [2.75, 3.05) is 7.11 Å². The van der Waals surface area contributed by atoms with Crippen LogP contribution in [0.3, 0.4) is 0 Å². The van der Waals surface area contributed by atoms with E-state index in [0.29, 0.717) is 22.8 Å². The maximum atomic E-state index is 12.2. The number of aromatic amines is 1. The number of nitrogens with zero attached hydrogens (tertiary/aromatic N) is 3. The van der Waals surface area contributed by atoms with Crippen molar-refractivity contribution in [3.63, 3.8) is 0 Å². The molecule has 4 aromatic rings. The molecule has 2 aromatic carbocycles. The van der Waals surface area contributed by atoms with Gasteiger partial charge in [0.25, 0.3) is 5.89 Å². The third-order valence-corrected chi connectivity index (χ3v) is 4.01. The van der Waals surface area contributed by atoms with Gasteiger partial charge in [0.05, 0.1) is 18.4 Å². The molecule has 0 saturated heterocycles. The van der Waals surface area contributed by atoms with Crippen LogP contribution < -0.4 is 4.74 Å². The zero-order valence-corrected chi connectivity index (χ0v) is 15.0. The third kappa shape index (κ3) is 3.61. The maximum Gasteiger partial charge on any atom is 0.356 e. The molecule has 0 saturated carbocycles. The van der Waals surface area contributed by atoms with Crippen LogP contribution in [0.15, 0.2) is 65.2 Å². The van der Waals surface area contributed by atoms with Gasteiger partial charge >= 0.3 is 5.97 Å². The van der Waals surface area contributed by atoms with Gasteiger partial charge in [0, 0.05) is 5.56 Å². The minimum absolute atomic E-state index is 0.152. The number of aromatic nitrogens is 4. The van der Waals surface area contributed by atoms with Gasteiger partial charge in [-0.2, -0.15) is 10.1 Å². The Morgan fingerprint density at radius 2 is 1.89 bits per heavy atom. The lowest BCUT2D eigenvalue weighted by atomic mass is 10.1. The Hall–Kier alpha value is -3.94. The molecule has 0 bridgehead atoms. The van der Waals surface area contributed by atoms with E-state index in [1.807, 2.05) is 48.5 Å². The fraction of sp³-hybridized carbons (Fsp3) is 0.100. The minimum Gasteiger partial charge on any atom is -0.496 e. The topological polar surface area (TPSA) is 103 Å². The summed E-state index contributed by atoms with van der Waals surface area (Å²) in [6, 6.07) is 18.5. The van der Waals surface area contributed by atoms with Crippen LogP contribution in [-0.2, 0) is 11.3 Å². The van der Waals surface area contributed by atoms with Gasteiger partial charge < -0.3 is 14.0 Å². The molecule has 28 heavy (non-hydrogen) atoms. The highest BCUT2D eigenvalue weighted by atomic mass is 16.6. The second kappa shape index (κ2) is 7.75. The first-order chi connectivity index (χ1) is 13.7. The summed E-state index contributed by atoms with van der Waals surface area (Å²) < 4.78 is 15.7. The summed E-state index contributed by atoms with van der Waals surface area (Å²) in [4.78, 5) is 16.5. The number of carbonyl (C=O) groups is 1. The number of esters is 1. The Balaban J connectivity index is 1.42. The van der Waals surface area contributed by atoms with Gasteiger partial charge in [-0.25, -0.2) is 4.79 Å². The normalized spacial score (nSPS) is 10.6. The number of ether oxygens (including phenoxy) is 2. The molecule has 0 spiro atoms. The number of hydrogen-bond donors (Lipinski definition) is 1. The van der Waals surface area contributed by atoms with Gasteiger partial charge in [0.2, 0.25) is 5.82 Å². The minimum atomic E-state index is -0.563. The van der Waals surface area contributed by atoms with Crippen LogP contribution in [0.4, 0.5) is 0 Å². The van der Waals surface area contributed by atoms with Crippen LogP contribution >= 0.6 is 0 Å². The molecule has 0 fully saturated rings. The Morgan fingerprint density at radius 1 is 1.11 bits per heavy atom. The molecule has 0 atom stereocenters. The lowest BCUT2D eigenvalue weighted by molar-refractivity contribution is 0.0423. The molecule has 0 radical (unpaired) electrons. The summed E-state index contributed by atoms with van der Waals surface area (Å²) in [5.74, 6) is 0.595. The SMILES string of the molecule is COc1ccccc1-c1noc(COC(=O)c2cc(-c3ccccc3)n[nH]2)n1. The van der Waals surface area contributed by atoms with Crippen LogP contribution in [0.1, 0.15) is 16.4 Å². The van der Waals surface area contributed by atoms with Gasteiger partial charge in [-0.05, 0) is 18.2 Å². The number of methoxy groups -OCH3 is 1. The molecule has 0 amide bonds. The number of benzene rings is 2. The van der Waals surface area contributed by atoms with E-state index in [-0.39, 0.29) is 18.2 Å². The molecule has 1 N–H and O–H groups in total. The fourth-order valence-electron chi connectivity index (χ4n) is 2.64. The Bertz CT molecular complexity index is 1090. The van der Waals surface area contributed by atoms with E-state index in [9.17, 15) is 4.79 Å².